The van der Waals surface area contributed by atoms with E-state index in [1.807, 2.05) is 6.92 Å². The molecule has 176 valence electrons. The van der Waals surface area contributed by atoms with Gasteiger partial charge in [0.2, 0.25) is 10.0 Å². The first-order valence-corrected chi connectivity index (χ1v) is 12.5. The first kappa shape index (κ1) is 23.0. The third-order valence-electron chi connectivity index (χ3n) is 6.09. The van der Waals surface area contributed by atoms with Crippen LogP contribution >= 0.6 is 0 Å². The molecule has 2 atom stereocenters. The summed E-state index contributed by atoms with van der Waals surface area (Å²) in [5.74, 6) is -0.860. The van der Waals surface area contributed by atoms with Crippen LogP contribution in [-0.4, -0.2) is 46.6 Å². The highest BCUT2D eigenvalue weighted by molar-refractivity contribution is 7.92. The van der Waals surface area contributed by atoms with Gasteiger partial charge in [-0.1, -0.05) is 6.92 Å². The molecule has 0 unspecified atom stereocenters. The van der Waals surface area contributed by atoms with E-state index in [1.54, 1.807) is 17.9 Å². The fourth-order valence-corrected chi connectivity index (χ4v) is 4.79. The minimum absolute atomic E-state index is 0.0118. The maximum absolute atomic E-state index is 14.0. The van der Waals surface area contributed by atoms with E-state index >= 15 is 0 Å². The molecule has 33 heavy (non-hydrogen) atoms. The van der Waals surface area contributed by atoms with Crippen LogP contribution in [0, 0.1) is 25.6 Å². The SMILES string of the molecule is Cc1[nH]c2cc([C@@H]3C[C@H](C)CCN3C(=O)c3cc(F)ccc3NS(C)(=O)=O)nn2c(=O)c1C. The van der Waals surface area contributed by atoms with E-state index in [1.165, 1.54) is 10.6 Å². The van der Waals surface area contributed by atoms with Crippen molar-refractivity contribution in [2.45, 2.75) is 39.7 Å². The number of aromatic nitrogens is 3. The molecular weight excluding hydrogens is 449 g/mol. The van der Waals surface area contributed by atoms with Crippen molar-refractivity contribution in [1.82, 2.24) is 19.5 Å². The van der Waals surface area contributed by atoms with Crippen LogP contribution in [0.25, 0.3) is 5.65 Å². The van der Waals surface area contributed by atoms with Crippen LogP contribution in [0.5, 0.6) is 0 Å². The van der Waals surface area contributed by atoms with Gasteiger partial charge in [0.05, 0.1) is 29.2 Å². The maximum Gasteiger partial charge on any atom is 0.277 e. The summed E-state index contributed by atoms with van der Waals surface area (Å²) in [4.78, 5) is 31.0. The van der Waals surface area contributed by atoms with E-state index in [0.717, 1.165) is 30.5 Å². The van der Waals surface area contributed by atoms with E-state index in [9.17, 15) is 22.4 Å². The lowest BCUT2D eigenvalue weighted by atomic mass is 9.90. The molecule has 0 bridgehead atoms. The van der Waals surface area contributed by atoms with Gasteiger partial charge in [0.15, 0.2) is 0 Å². The highest BCUT2D eigenvalue weighted by atomic mass is 32.2. The molecule has 1 aliphatic rings. The largest absolute Gasteiger partial charge is 0.343 e. The molecule has 4 rings (SSSR count). The number of hydrogen-bond donors (Lipinski definition) is 2. The Hall–Kier alpha value is -3.21. The minimum Gasteiger partial charge on any atom is -0.343 e. The first-order chi connectivity index (χ1) is 15.4. The molecule has 0 aliphatic carbocycles. The number of nitrogens with one attached hydrogen (secondary N) is 2. The number of rotatable bonds is 4. The van der Waals surface area contributed by atoms with Crippen LogP contribution in [0.3, 0.4) is 0 Å². The van der Waals surface area contributed by atoms with Crippen LogP contribution in [0.4, 0.5) is 10.1 Å². The number of fused-ring (bicyclic) bond motifs is 1. The van der Waals surface area contributed by atoms with Crippen LogP contribution in [-0.2, 0) is 10.0 Å². The fourth-order valence-electron chi connectivity index (χ4n) is 4.21. The number of hydrogen-bond acceptors (Lipinski definition) is 5. The fraction of sp³-hybridized carbons (Fsp3) is 0.409. The van der Waals surface area contributed by atoms with Crippen LogP contribution < -0.4 is 10.3 Å². The number of nitrogens with zero attached hydrogens (tertiary/aromatic N) is 3. The highest BCUT2D eigenvalue weighted by Crippen LogP contribution is 2.35. The Labute approximate surface area is 190 Å². The van der Waals surface area contributed by atoms with Gasteiger partial charge in [0.25, 0.3) is 11.5 Å². The van der Waals surface area contributed by atoms with E-state index < -0.39 is 27.8 Å². The van der Waals surface area contributed by atoms with Gasteiger partial charge in [0.1, 0.15) is 11.5 Å². The number of likely N-dealkylation sites (tertiary alicyclic amines) is 1. The van der Waals surface area contributed by atoms with Crippen molar-refractivity contribution >= 4 is 27.3 Å². The second-order valence-electron chi connectivity index (χ2n) is 8.75. The van der Waals surface area contributed by atoms with E-state index in [2.05, 4.69) is 21.7 Å². The van der Waals surface area contributed by atoms with E-state index in [-0.39, 0.29) is 16.8 Å². The summed E-state index contributed by atoms with van der Waals surface area (Å²) in [5.41, 5.74) is 2.05. The first-order valence-electron chi connectivity index (χ1n) is 10.6. The molecule has 1 saturated heterocycles. The number of amides is 1. The van der Waals surface area contributed by atoms with Crippen molar-refractivity contribution < 1.29 is 17.6 Å². The Bertz CT molecular complexity index is 1410. The minimum atomic E-state index is -3.68. The lowest BCUT2D eigenvalue weighted by molar-refractivity contribution is 0.0552. The predicted molar refractivity (Wildman–Crippen MR) is 122 cm³/mol. The number of aryl methyl sites for hydroxylation is 1. The van der Waals surface area contributed by atoms with Crippen LogP contribution in [0.1, 0.15) is 53.1 Å². The Morgan fingerprint density at radius 2 is 2.00 bits per heavy atom. The zero-order valence-electron chi connectivity index (χ0n) is 18.8. The lowest BCUT2D eigenvalue weighted by Crippen LogP contribution is -2.41. The van der Waals surface area contributed by atoms with Gasteiger partial charge in [-0.3, -0.25) is 14.3 Å². The van der Waals surface area contributed by atoms with Crippen molar-refractivity contribution in [1.29, 1.82) is 0 Å². The molecule has 3 heterocycles. The number of anilines is 1. The van der Waals surface area contributed by atoms with Crippen molar-refractivity contribution in [2.24, 2.45) is 5.92 Å². The highest BCUT2D eigenvalue weighted by Gasteiger charge is 2.34. The van der Waals surface area contributed by atoms with Gasteiger partial charge in [-0.05, 0) is 50.8 Å². The van der Waals surface area contributed by atoms with E-state index in [4.69, 9.17) is 0 Å². The number of carbonyl (C=O) groups is 1. The van der Waals surface area contributed by atoms with Gasteiger partial charge in [0, 0.05) is 23.9 Å². The zero-order chi connectivity index (χ0) is 24.1. The number of halogens is 1. The molecule has 1 aliphatic heterocycles. The molecule has 3 aromatic rings. The molecule has 1 fully saturated rings. The number of benzene rings is 1. The molecule has 1 amide bonds. The number of aromatic amines is 1. The second-order valence-corrected chi connectivity index (χ2v) is 10.5. The summed E-state index contributed by atoms with van der Waals surface area (Å²) in [7, 11) is -3.68. The second kappa shape index (κ2) is 8.29. The maximum atomic E-state index is 14.0. The Balaban J connectivity index is 1.78. The topological polar surface area (TPSA) is 117 Å². The summed E-state index contributed by atoms with van der Waals surface area (Å²) >= 11 is 0. The standard InChI is InChI=1S/C22H26FN5O4S/c1-12-7-8-27(22(30)16-10-15(23)5-6-17(16)26-33(4,31)32)19(9-12)18-11-20-24-14(3)13(2)21(29)28(20)25-18/h5-6,10-12,19,24,26H,7-9H2,1-4H3/t12-,19+/m1/s1. The molecule has 9 nitrogen and oxygen atoms in total. The van der Waals surface area contributed by atoms with Gasteiger partial charge >= 0.3 is 0 Å². The molecule has 2 aromatic heterocycles. The molecular formula is C22H26FN5O4S. The van der Waals surface area contributed by atoms with Gasteiger partial charge < -0.3 is 9.88 Å². The third kappa shape index (κ3) is 4.50. The van der Waals surface area contributed by atoms with Gasteiger partial charge in [-0.15, -0.1) is 0 Å². The number of sulfonamides is 1. The predicted octanol–water partition coefficient (Wildman–Crippen LogP) is 2.76. The molecule has 1 aromatic carbocycles. The smallest absolute Gasteiger partial charge is 0.277 e. The molecule has 0 spiro atoms. The number of piperidine rings is 1. The molecule has 0 saturated carbocycles. The van der Waals surface area contributed by atoms with Crippen molar-refractivity contribution in [3.8, 4) is 0 Å². The van der Waals surface area contributed by atoms with Crippen molar-refractivity contribution in [2.75, 3.05) is 17.5 Å². The summed E-state index contributed by atoms with van der Waals surface area (Å²) in [6.07, 6.45) is 2.30. The van der Waals surface area contributed by atoms with Crippen LogP contribution in [0.2, 0.25) is 0 Å². The average Bonchev–Trinajstić information content (AvgIpc) is 3.16. The summed E-state index contributed by atoms with van der Waals surface area (Å²) in [6.45, 7) is 5.98. The summed E-state index contributed by atoms with van der Waals surface area (Å²) in [6, 6.07) is 4.66. The quantitative estimate of drug-likeness (QED) is 0.602. The third-order valence-corrected chi connectivity index (χ3v) is 6.68. The molecule has 2 N–H and O–H groups in total. The summed E-state index contributed by atoms with van der Waals surface area (Å²) in [5, 5.41) is 4.49. The lowest BCUT2D eigenvalue weighted by Gasteiger charge is -2.38. The normalized spacial score (nSPS) is 19.1. The molecule has 0 radical (unpaired) electrons. The van der Waals surface area contributed by atoms with Gasteiger partial charge in [-0.2, -0.15) is 9.61 Å². The van der Waals surface area contributed by atoms with Crippen LogP contribution in [0.15, 0.2) is 29.1 Å². The zero-order valence-corrected chi connectivity index (χ0v) is 19.7. The average molecular weight is 476 g/mol. The number of H-pyrrole nitrogens is 1. The Kier molecular flexibility index (Phi) is 5.77. The van der Waals surface area contributed by atoms with E-state index in [0.29, 0.717) is 35.8 Å². The Morgan fingerprint density at radius 3 is 2.70 bits per heavy atom. The van der Waals surface area contributed by atoms with Crippen molar-refractivity contribution in [3.63, 3.8) is 0 Å². The summed E-state index contributed by atoms with van der Waals surface area (Å²) < 4.78 is 41.2. The van der Waals surface area contributed by atoms with Gasteiger partial charge in [-0.25, -0.2) is 12.8 Å². The Morgan fingerprint density at radius 1 is 1.27 bits per heavy atom. The number of carbonyl (C=O) groups excluding carboxylic acids is 1. The van der Waals surface area contributed by atoms with Crippen molar-refractivity contribution in [3.05, 3.63) is 63.0 Å². The monoisotopic (exact) mass is 475 g/mol. The molecule has 11 heteroatoms.